The normalized spacial score (nSPS) is 32.0. The lowest BCUT2D eigenvalue weighted by Crippen LogP contribution is -2.48. The highest BCUT2D eigenvalue weighted by molar-refractivity contribution is 7.85. The van der Waals surface area contributed by atoms with Crippen LogP contribution in [0.1, 0.15) is 26.7 Å². The van der Waals surface area contributed by atoms with E-state index in [-0.39, 0.29) is 16.3 Å². The summed E-state index contributed by atoms with van der Waals surface area (Å²) in [5.41, 5.74) is 0. The monoisotopic (exact) mass is 317 g/mol. The fourth-order valence-corrected chi connectivity index (χ4v) is 5.31. The molecule has 1 aromatic carbocycles. The van der Waals surface area contributed by atoms with Gasteiger partial charge in [0.05, 0.1) is 21.1 Å². The summed E-state index contributed by atoms with van der Waals surface area (Å²) in [4.78, 5) is 0.614. The van der Waals surface area contributed by atoms with Gasteiger partial charge in [-0.2, -0.15) is 0 Å². The van der Waals surface area contributed by atoms with Crippen molar-refractivity contribution in [3.8, 4) is 0 Å². The molecular weight excluding hydrogens is 297 g/mol. The summed E-state index contributed by atoms with van der Waals surface area (Å²) in [5.74, 6) is 0.524. The van der Waals surface area contributed by atoms with Crippen molar-refractivity contribution in [1.82, 2.24) is 5.32 Å². The molecule has 0 saturated heterocycles. The number of hydrogen-bond donors (Lipinski definition) is 1. The van der Waals surface area contributed by atoms with E-state index in [1.165, 1.54) is 12.1 Å². The highest BCUT2D eigenvalue weighted by Crippen LogP contribution is 2.34. The predicted octanol–water partition coefficient (Wildman–Crippen LogP) is 3.61. The van der Waals surface area contributed by atoms with E-state index in [1.54, 1.807) is 6.07 Å². The van der Waals surface area contributed by atoms with Gasteiger partial charge in [-0.25, -0.2) is 4.39 Å². The van der Waals surface area contributed by atoms with Gasteiger partial charge in [-0.3, -0.25) is 4.21 Å². The minimum absolute atomic E-state index is 0.0358. The van der Waals surface area contributed by atoms with Gasteiger partial charge in [0.15, 0.2) is 0 Å². The molecule has 2 nitrogen and oxygen atoms in total. The molecule has 2 rings (SSSR count). The van der Waals surface area contributed by atoms with Gasteiger partial charge in [-0.1, -0.05) is 25.4 Å². The van der Waals surface area contributed by atoms with Crippen LogP contribution in [0.15, 0.2) is 23.1 Å². The fraction of sp³-hybridized carbons (Fsp3) is 0.600. The summed E-state index contributed by atoms with van der Waals surface area (Å²) in [6, 6.07) is 4.58. The van der Waals surface area contributed by atoms with E-state index in [0.29, 0.717) is 16.7 Å². The minimum atomic E-state index is -1.18. The Balaban J connectivity index is 2.27. The van der Waals surface area contributed by atoms with Crippen LogP contribution < -0.4 is 5.32 Å². The van der Waals surface area contributed by atoms with Gasteiger partial charge in [-0.15, -0.1) is 0 Å². The summed E-state index contributed by atoms with van der Waals surface area (Å²) in [6.45, 7) is 4.38. The van der Waals surface area contributed by atoms with Crippen molar-refractivity contribution in [1.29, 1.82) is 0 Å². The molecule has 0 amide bonds. The molecule has 1 N–H and O–H groups in total. The van der Waals surface area contributed by atoms with Gasteiger partial charge in [0, 0.05) is 10.9 Å². The molecule has 112 valence electrons. The summed E-state index contributed by atoms with van der Waals surface area (Å²) in [5, 5.41) is 3.37. The first-order valence-corrected chi connectivity index (χ1v) is 8.56. The molecule has 1 aliphatic rings. The Morgan fingerprint density at radius 2 is 2.05 bits per heavy atom. The second-order valence-corrected chi connectivity index (χ2v) is 7.80. The molecule has 1 saturated carbocycles. The smallest absolute Gasteiger partial charge is 0.141 e. The zero-order valence-electron chi connectivity index (χ0n) is 12.0. The largest absolute Gasteiger partial charge is 0.316 e. The van der Waals surface area contributed by atoms with Crippen LogP contribution in [0.3, 0.4) is 0 Å². The lowest BCUT2D eigenvalue weighted by Gasteiger charge is -2.38. The Labute approximate surface area is 127 Å². The molecule has 0 radical (unpaired) electrons. The van der Waals surface area contributed by atoms with Crippen LogP contribution >= 0.6 is 11.6 Å². The molecule has 0 aromatic heterocycles. The van der Waals surface area contributed by atoms with Crippen LogP contribution in [-0.4, -0.2) is 22.5 Å². The number of rotatable bonds is 3. The van der Waals surface area contributed by atoms with Gasteiger partial charge in [0.1, 0.15) is 5.82 Å². The number of halogens is 2. The van der Waals surface area contributed by atoms with Crippen LogP contribution in [-0.2, 0) is 10.8 Å². The number of hydrogen-bond acceptors (Lipinski definition) is 2. The molecule has 20 heavy (non-hydrogen) atoms. The van der Waals surface area contributed by atoms with Crippen LogP contribution in [0.4, 0.5) is 4.39 Å². The van der Waals surface area contributed by atoms with E-state index in [9.17, 15) is 8.60 Å². The molecule has 5 heteroatoms. The molecule has 1 aliphatic carbocycles. The van der Waals surface area contributed by atoms with Crippen LogP contribution in [0.2, 0.25) is 5.02 Å². The zero-order chi connectivity index (χ0) is 14.9. The SMILES string of the molecule is CNC1CC(C)CC(C)C1S(=O)c1ccc(F)c(Cl)c1. The van der Waals surface area contributed by atoms with E-state index < -0.39 is 16.6 Å². The molecule has 0 aliphatic heterocycles. The molecule has 1 aromatic rings. The predicted molar refractivity (Wildman–Crippen MR) is 82.0 cm³/mol. The maximum absolute atomic E-state index is 13.2. The van der Waals surface area contributed by atoms with Crippen molar-refractivity contribution >= 4 is 22.4 Å². The lowest BCUT2D eigenvalue weighted by molar-refractivity contribution is 0.253. The topological polar surface area (TPSA) is 29.1 Å². The van der Waals surface area contributed by atoms with Crippen molar-refractivity contribution in [2.24, 2.45) is 11.8 Å². The maximum Gasteiger partial charge on any atom is 0.141 e. The first-order chi connectivity index (χ1) is 9.43. The minimum Gasteiger partial charge on any atom is -0.316 e. The standard InChI is InChI=1S/C15H21ClFNOS/c1-9-6-10(2)15(14(7-9)18-3)20(19)11-4-5-13(17)12(16)8-11/h4-5,8-10,14-15,18H,6-7H2,1-3H3. The third-order valence-electron chi connectivity index (χ3n) is 4.13. The summed E-state index contributed by atoms with van der Waals surface area (Å²) < 4.78 is 26.1. The maximum atomic E-state index is 13.2. The first-order valence-electron chi connectivity index (χ1n) is 6.97. The summed E-state index contributed by atoms with van der Waals surface area (Å²) in [7, 11) is 0.737. The molecule has 0 bridgehead atoms. The summed E-state index contributed by atoms with van der Waals surface area (Å²) >= 11 is 5.80. The third kappa shape index (κ3) is 3.23. The number of benzene rings is 1. The van der Waals surface area contributed by atoms with E-state index in [0.717, 1.165) is 12.8 Å². The summed E-state index contributed by atoms with van der Waals surface area (Å²) in [6.07, 6.45) is 2.09. The number of nitrogens with one attached hydrogen (secondary N) is 1. The lowest BCUT2D eigenvalue weighted by atomic mass is 9.80. The Bertz CT molecular complexity index is 511. The van der Waals surface area contributed by atoms with Crippen molar-refractivity contribution in [3.05, 3.63) is 29.0 Å². The average Bonchev–Trinajstić information content (AvgIpc) is 2.40. The third-order valence-corrected chi connectivity index (χ3v) is 6.42. The average molecular weight is 318 g/mol. The Kier molecular flexibility index (Phi) is 5.21. The molecule has 5 atom stereocenters. The zero-order valence-corrected chi connectivity index (χ0v) is 13.6. The first kappa shape index (κ1) is 15.9. The second-order valence-electron chi connectivity index (χ2n) is 5.79. The van der Waals surface area contributed by atoms with Gasteiger partial charge < -0.3 is 5.32 Å². The van der Waals surface area contributed by atoms with Gasteiger partial charge in [0.2, 0.25) is 0 Å². The van der Waals surface area contributed by atoms with Crippen molar-refractivity contribution in [2.45, 2.75) is 42.9 Å². The quantitative estimate of drug-likeness (QED) is 0.922. The molecular formula is C15H21ClFNOS. The van der Waals surface area contributed by atoms with Gasteiger partial charge in [-0.05, 0) is 49.9 Å². The van der Waals surface area contributed by atoms with E-state index in [4.69, 9.17) is 11.6 Å². The van der Waals surface area contributed by atoms with E-state index >= 15 is 0 Å². The Hall–Kier alpha value is -0.450. The van der Waals surface area contributed by atoms with Crippen molar-refractivity contribution in [2.75, 3.05) is 7.05 Å². The molecule has 0 heterocycles. The van der Waals surface area contributed by atoms with E-state index in [1.807, 2.05) is 7.05 Å². The van der Waals surface area contributed by atoms with E-state index in [2.05, 4.69) is 19.2 Å². The highest BCUT2D eigenvalue weighted by atomic mass is 35.5. The Morgan fingerprint density at radius 1 is 1.35 bits per heavy atom. The fourth-order valence-electron chi connectivity index (χ4n) is 3.23. The second kappa shape index (κ2) is 6.54. The molecule has 5 unspecified atom stereocenters. The highest BCUT2D eigenvalue weighted by Gasteiger charge is 2.37. The van der Waals surface area contributed by atoms with Crippen LogP contribution in [0.5, 0.6) is 0 Å². The molecule has 1 fully saturated rings. The van der Waals surface area contributed by atoms with Gasteiger partial charge in [0.25, 0.3) is 0 Å². The Morgan fingerprint density at radius 3 is 2.65 bits per heavy atom. The van der Waals surface area contributed by atoms with Crippen LogP contribution in [0, 0.1) is 17.7 Å². The van der Waals surface area contributed by atoms with Gasteiger partial charge >= 0.3 is 0 Å². The van der Waals surface area contributed by atoms with Crippen molar-refractivity contribution < 1.29 is 8.60 Å². The van der Waals surface area contributed by atoms with Crippen molar-refractivity contribution in [3.63, 3.8) is 0 Å². The van der Waals surface area contributed by atoms with Crippen LogP contribution in [0.25, 0.3) is 0 Å². The molecule has 0 spiro atoms.